The van der Waals surface area contributed by atoms with E-state index in [1.165, 1.54) is 12.1 Å². The Morgan fingerprint density at radius 2 is 2.18 bits per heavy atom. The molecule has 2 heterocycles. The van der Waals surface area contributed by atoms with Crippen LogP contribution in [0, 0.1) is 11.7 Å². The van der Waals surface area contributed by atoms with Crippen molar-refractivity contribution in [1.82, 2.24) is 5.32 Å². The zero-order valence-electron chi connectivity index (χ0n) is 9.69. The Hall–Kier alpha value is -0.640. The molecule has 0 amide bonds. The Morgan fingerprint density at radius 1 is 1.47 bits per heavy atom. The number of fused-ring (bicyclic) bond motifs is 1. The van der Waals surface area contributed by atoms with Gasteiger partial charge >= 0.3 is 0 Å². The van der Waals surface area contributed by atoms with Gasteiger partial charge in [-0.2, -0.15) is 0 Å². The molecule has 4 heteroatoms. The highest BCUT2D eigenvalue weighted by molar-refractivity contribution is 5.85. The highest BCUT2D eigenvalue weighted by atomic mass is 35.5. The van der Waals surface area contributed by atoms with E-state index < -0.39 is 6.10 Å². The van der Waals surface area contributed by atoms with Crippen LogP contribution in [0.2, 0.25) is 0 Å². The summed E-state index contributed by atoms with van der Waals surface area (Å²) in [6.45, 7) is 2.18. The number of benzene rings is 1. The summed E-state index contributed by atoms with van der Waals surface area (Å²) in [5.41, 5.74) is 0.887. The number of rotatable bonds is 2. The minimum absolute atomic E-state index is 0. The fourth-order valence-electron chi connectivity index (χ4n) is 3.22. The minimum Gasteiger partial charge on any atom is -0.387 e. The molecular weight excluding hydrogens is 241 g/mol. The Labute approximate surface area is 107 Å². The molecule has 2 aliphatic heterocycles. The first-order valence-corrected chi connectivity index (χ1v) is 5.79. The highest BCUT2D eigenvalue weighted by Gasteiger charge is 2.54. The number of hydrogen-bond acceptors (Lipinski definition) is 2. The van der Waals surface area contributed by atoms with Crippen molar-refractivity contribution in [3.05, 3.63) is 35.6 Å². The lowest BCUT2D eigenvalue weighted by atomic mass is 9.72. The van der Waals surface area contributed by atoms with Gasteiger partial charge in [0, 0.05) is 11.6 Å². The number of nitrogens with one attached hydrogen (secondary N) is 1. The van der Waals surface area contributed by atoms with E-state index in [0.717, 1.165) is 12.8 Å². The maximum Gasteiger partial charge on any atom is 0.123 e. The van der Waals surface area contributed by atoms with E-state index in [4.69, 9.17) is 0 Å². The van der Waals surface area contributed by atoms with Crippen LogP contribution in [-0.4, -0.2) is 16.7 Å². The molecule has 2 bridgehead atoms. The van der Waals surface area contributed by atoms with E-state index in [1.807, 2.05) is 0 Å². The molecule has 1 aromatic rings. The topological polar surface area (TPSA) is 32.3 Å². The van der Waals surface area contributed by atoms with E-state index >= 15 is 0 Å². The van der Waals surface area contributed by atoms with Crippen LogP contribution in [0.3, 0.4) is 0 Å². The molecule has 2 nitrogen and oxygen atoms in total. The summed E-state index contributed by atoms with van der Waals surface area (Å²) in [6.07, 6.45) is 1.67. The second kappa shape index (κ2) is 4.23. The third-order valence-corrected chi connectivity index (χ3v) is 3.98. The fraction of sp³-hybridized carbons (Fsp3) is 0.538. The zero-order valence-corrected chi connectivity index (χ0v) is 10.5. The Morgan fingerprint density at radius 3 is 2.71 bits per heavy atom. The summed E-state index contributed by atoms with van der Waals surface area (Å²) in [5.74, 6) is 0.261. The van der Waals surface area contributed by atoms with Crippen LogP contribution in [0.5, 0.6) is 0 Å². The summed E-state index contributed by atoms with van der Waals surface area (Å²) < 4.78 is 13.1. The lowest BCUT2D eigenvalue weighted by molar-refractivity contribution is 0.121. The van der Waals surface area contributed by atoms with Crippen LogP contribution in [-0.2, 0) is 0 Å². The van der Waals surface area contributed by atoms with Gasteiger partial charge in [-0.1, -0.05) is 12.1 Å². The number of aliphatic hydroxyl groups is 1. The molecule has 17 heavy (non-hydrogen) atoms. The summed E-state index contributed by atoms with van der Waals surface area (Å²) in [4.78, 5) is 0. The third-order valence-electron chi connectivity index (χ3n) is 3.98. The van der Waals surface area contributed by atoms with Gasteiger partial charge in [-0.15, -0.1) is 12.4 Å². The van der Waals surface area contributed by atoms with Crippen LogP contribution < -0.4 is 5.32 Å². The van der Waals surface area contributed by atoms with Crippen molar-refractivity contribution >= 4 is 12.4 Å². The number of halogens is 2. The zero-order chi connectivity index (χ0) is 11.3. The van der Waals surface area contributed by atoms with Crippen LogP contribution in [0.4, 0.5) is 4.39 Å². The normalized spacial score (nSPS) is 35.9. The smallest absolute Gasteiger partial charge is 0.123 e. The van der Waals surface area contributed by atoms with Gasteiger partial charge in [0.05, 0.1) is 6.10 Å². The van der Waals surface area contributed by atoms with Crippen molar-refractivity contribution in [3.63, 3.8) is 0 Å². The predicted octanol–water partition coefficient (Wildman–Crippen LogP) is 2.42. The van der Waals surface area contributed by atoms with Crippen LogP contribution in [0.1, 0.15) is 31.4 Å². The average molecular weight is 258 g/mol. The first kappa shape index (κ1) is 12.8. The molecule has 0 spiro atoms. The van der Waals surface area contributed by atoms with Gasteiger partial charge in [-0.25, -0.2) is 4.39 Å². The van der Waals surface area contributed by atoms with E-state index in [1.54, 1.807) is 12.1 Å². The summed E-state index contributed by atoms with van der Waals surface area (Å²) in [6, 6.07) is 6.35. The van der Waals surface area contributed by atoms with Crippen LogP contribution in [0.25, 0.3) is 0 Å². The van der Waals surface area contributed by atoms with E-state index in [0.29, 0.717) is 11.5 Å². The van der Waals surface area contributed by atoms with Gasteiger partial charge in [-0.05, 0) is 43.4 Å². The molecule has 4 rings (SSSR count). The lowest BCUT2D eigenvalue weighted by Crippen LogP contribution is -2.40. The highest BCUT2D eigenvalue weighted by Crippen LogP contribution is 2.50. The molecule has 1 aliphatic carbocycles. The average Bonchev–Trinajstić information content (AvgIpc) is 2.70. The van der Waals surface area contributed by atoms with Gasteiger partial charge in [0.25, 0.3) is 0 Å². The monoisotopic (exact) mass is 257 g/mol. The SMILES string of the molecule is CC12CC(C1)[C@@H](C(O)c1cccc(F)c1)N2.Cl. The third kappa shape index (κ3) is 2.07. The minimum atomic E-state index is -0.593. The molecule has 3 aliphatic rings. The van der Waals surface area contributed by atoms with E-state index in [2.05, 4.69) is 12.2 Å². The van der Waals surface area contributed by atoms with Crippen molar-refractivity contribution in [2.24, 2.45) is 5.92 Å². The first-order chi connectivity index (χ1) is 7.57. The van der Waals surface area contributed by atoms with E-state index in [9.17, 15) is 9.50 Å². The summed E-state index contributed by atoms with van der Waals surface area (Å²) in [5, 5.41) is 13.7. The standard InChI is InChI=1S/C13H16FNO.ClH/c1-13-6-9(7-13)11(15-13)12(16)8-3-2-4-10(14)5-8;/h2-5,9,11-12,15-16H,6-7H2,1H3;1H/t9?,11-,12?,13?;/m0./s1. The number of hydrogen-bond donors (Lipinski definition) is 2. The van der Waals surface area contributed by atoms with Gasteiger partial charge < -0.3 is 10.4 Å². The molecular formula is C13H17ClFNO. The molecule has 0 radical (unpaired) electrons. The quantitative estimate of drug-likeness (QED) is 0.853. The van der Waals surface area contributed by atoms with Gasteiger partial charge in [-0.3, -0.25) is 0 Å². The first-order valence-electron chi connectivity index (χ1n) is 5.79. The molecule has 1 saturated carbocycles. The predicted molar refractivity (Wildman–Crippen MR) is 66.7 cm³/mol. The maximum atomic E-state index is 13.1. The van der Waals surface area contributed by atoms with Gasteiger partial charge in [0.15, 0.2) is 0 Å². The molecule has 1 unspecified atom stereocenters. The molecule has 2 saturated heterocycles. The van der Waals surface area contributed by atoms with Crippen molar-refractivity contribution in [3.8, 4) is 0 Å². The van der Waals surface area contributed by atoms with Crippen molar-refractivity contribution < 1.29 is 9.50 Å². The van der Waals surface area contributed by atoms with Crippen LogP contribution >= 0.6 is 12.4 Å². The van der Waals surface area contributed by atoms with Crippen molar-refractivity contribution in [2.45, 2.75) is 37.5 Å². The Kier molecular flexibility index (Phi) is 3.19. The Bertz CT molecular complexity index is 420. The molecule has 0 aromatic heterocycles. The van der Waals surface area contributed by atoms with E-state index in [-0.39, 0.29) is 29.8 Å². The molecule has 2 N–H and O–H groups in total. The largest absolute Gasteiger partial charge is 0.387 e. The molecule has 94 valence electrons. The van der Waals surface area contributed by atoms with Gasteiger partial charge in [0.2, 0.25) is 0 Å². The molecule has 2 atom stereocenters. The molecule has 3 fully saturated rings. The number of aliphatic hydroxyl groups excluding tert-OH is 1. The fourth-order valence-corrected chi connectivity index (χ4v) is 3.22. The van der Waals surface area contributed by atoms with Crippen LogP contribution in [0.15, 0.2) is 24.3 Å². The second-order valence-corrected chi connectivity index (χ2v) is 5.40. The maximum absolute atomic E-state index is 13.1. The Balaban J connectivity index is 0.00000108. The van der Waals surface area contributed by atoms with Gasteiger partial charge in [0.1, 0.15) is 5.82 Å². The van der Waals surface area contributed by atoms with Crippen molar-refractivity contribution in [2.75, 3.05) is 0 Å². The molecule has 1 aromatic carbocycles. The lowest BCUT2D eigenvalue weighted by Gasteiger charge is -2.33. The summed E-state index contributed by atoms with van der Waals surface area (Å²) in [7, 11) is 0. The van der Waals surface area contributed by atoms with Crippen molar-refractivity contribution in [1.29, 1.82) is 0 Å². The summed E-state index contributed by atoms with van der Waals surface area (Å²) >= 11 is 0. The second-order valence-electron chi connectivity index (χ2n) is 5.40.